The lowest BCUT2D eigenvalue weighted by Crippen LogP contribution is -2.03. The fourth-order valence-electron chi connectivity index (χ4n) is 5.30. The fourth-order valence-corrected chi connectivity index (χ4v) is 5.30. The van der Waals surface area contributed by atoms with Crippen LogP contribution in [0.1, 0.15) is 309 Å². The summed E-state index contributed by atoms with van der Waals surface area (Å²) < 4.78 is 101. The summed E-state index contributed by atoms with van der Waals surface area (Å²) in [6.45, 7) is 39.5. The number of benzene rings is 1. The molecule has 5 rings (SSSR count). The van der Waals surface area contributed by atoms with Gasteiger partial charge in [0.05, 0.1) is 13.2 Å². The summed E-state index contributed by atoms with van der Waals surface area (Å²) >= 11 is 0. The van der Waals surface area contributed by atoms with E-state index in [2.05, 4.69) is 18.6 Å². The lowest BCUT2D eigenvalue weighted by atomic mass is 9.88. The van der Waals surface area contributed by atoms with E-state index in [-0.39, 0.29) is 34.9 Å². The van der Waals surface area contributed by atoms with Gasteiger partial charge in [-0.2, -0.15) is 0 Å². The Bertz CT molecular complexity index is 1330. The predicted octanol–water partition coefficient (Wildman–Crippen LogP) is 22.6. The average molecular weight is 952 g/mol. The third kappa shape index (κ3) is 96.8. The highest BCUT2D eigenvalue weighted by Crippen LogP contribution is 2.27. The largest absolute Gasteiger partial charge is 0.497 e. The zero-order chi connectivity index (χ0) is 63.5. The van der Waals surface area contributed by atoms with Gasteiger partial charge in [0.25, 0.3) is 0 Å². The van der Waals surface area contributed by atoms with Crippen molar-refractivity contribution in [3.63, 3.8) is 0 Å². The van der Waals surface area contributed by atoms with E-state index in [4.69, 9.17) is 25.9 Å². The van der Waals surface area contributed by atoms with Crippen molar-refractivity contribution in [3.05, 3.63) is 30.3 Å². The summed E-state index contributed by atoms with van der Waals surface area (Å²) in [6, 6.07) is 9.68. The Morgan fingerprint density at radius 3 is 0.909 bits per heavy atom. The number of para-hydroxylation sites is 1. The molecule has 0 N–H and O–H groups in total. The van der Waals surface area contributed by atoms with Crippen LogP contribution in [0.5, 0.6) is 5.75 Å². The highest BCUT2D eigenvalue weighted by Gasteiger charge is 2.11. The minimum absolute atomic E-state index is 0.0556. The maximum absolute atomic E-state index is 7.63. The first-order valence-electron chi connectivity index (χ1n) is 32.4. The van der Waals surface area contributed by atoms with Crippen LogP contribution in [0.4, 0.5) is 0 Å². The van der Waals surface area contributed by atoms with Crippen molar-refractivity contribution in [2.75, 3.05) is 28.4 Å². The molecule has 4 aliphatic carbocycles. The highest BCUT2D eigenvalue weighted by molar-refractivity contribution is 5.20. The van der Waals surface area contributed by atoms with Gasteiger partial charge in [0.15, 0.2) is 0 Å². The molecule has 404 valence electrons. The maximum Gasteiger partial charge on any atom is 0.118 e. The molecule has 0 aromatic heterocycles. The summed E-state index contributed by atoms with van der Waals surface area (Å²) in [5.41, 5.74) is -0.229. The molecule has 4 aliphatic rings. The smallest absolute Gasteiger partial charge is 0.118 e. The number of rotatable bonds is 5. The Morgan fingerprint density at radius 2 is 0.773 bits per heavy atom. The molecule has 0 heterocycles. The third-order valence-electron chi connectivity index (χ3n) is 9.72. The van der Waals surface area contributed by atoms with Crippen molar-refractivity contribution in [1.82, 2.24) is 0 Å². The summed E-state index contributed by atoms with van der Waals surface area (Å²) in [5, 5.41) is 0. The van der Waals surface area contributed by atoms with E-state index in [1.54, 1.807) is 56.1 Å². The van der Waals surface area contributed by atoms with Crippen LogP contribution in [-0.2, 0) is 9.47 Å². The molecule has 0 unspecified atom stereocenters. The Balaban J connectivity index is -0.000000143. The molecule has 0 atom stereocenters. The standard InChI is InChI=1S/C8H16.C7H8O.2C7H14.C6H12.C6H14.C5H12.C4H10O.2C4H10.C3H8.C2H6O/c1-2-8-6-4-3-5-7-8;1-8-7-5-3-2-4-6-7;1-7-5-3-2-4-6-7;1-2-7-5-3-4-6-7;1-6-4-2-3-5-6;1-5-6(2,3)4;1-4-5(2)3;1-4(2)5-3;2*1-4(2)3;2*1-3-2/h8H,2-7H2,1H3;2-6H,1H3;2*7H,2-6H2,1H3;6H,2-5H2,1H3;5H2,1-4H3;5H,4H2,1-3H3;4H,1-3H3;2*4H,1-3H3;3H2,1-2H3;1-2H3/i2D2;;7D;2D2;6D;5D2;4D2;;2*4D;;. The van der Waals surface area contributed by atoms with Crippen LogP contribution < -0.4 is 4.74 Å². The zero-order valence-corrected chi connectivity index (χ0v) is 49.9. The van der Waals surface area contributed by atoms with E-state index < -0.39 is 25.5 Å². The quantitative estimate of drug-likeness (QED) is 0.294. The summed E-state index contributed by atoms with van der Waals surface area (Å²) in [7, 11) is 6.61. The number of ether oxygens (including phenoxy) is 3. The van der Waals surface area contributed by atoms with Gasteiger partial charge in [-0.05, 0) is 72.7 Å². The average Bonchev–Trinajstić information content (AvgIpc) is 3.97. The van der Waals surface area contributed by atoms with Gasteiger partial charge in [-0.3, -0.25) is 0 Å². The fraction of sp³-hybridized carbons (Fsp3) is 0.905. The Morgan fingerprint density at radius 1 is 0.545 bits per heavy atom. The Hall–Kier alpha value is -1.06. The zero-order valence-electron chi connectivity index (χ0n) is 61.9. The lowest BCUT2D eigenvalue weighted by Gasteiger charge is -2.18. The van der Waals surface area contributed by atoms with E-state index in [1.807, 2.05) is 134 Å². The van der Waals surface area contributed by atoms with E-state index in [0.717, 1.165) is 57.1 Å². The van der Waals surface area contributed by atoms with Gasteiger partial charge >= 0.3 is 0 Å². The molecule has 0 radical (unpaired) electrons. The van der Waals surface area contributed by atoms with Gasteiger partial charge < -0.3 is 14.2 Å². The molecular formula is C63H134O3. The van der Waals surface area contributed by atoms with Gasteiger partial charge in [0, 0.05) is 37.8 Å². The first-order valence-corrected chi connectivity index (χ1v) is 26.4. The molecule has 3 nitrogen and oxygen atoms in total. The first kappa shape index (κ1) is 54.3. The second kappa shape index (κ2) is 63.9. The second-order valence-electron chi connectivity index (χ2n) is 20.4. The molecule has 4 saturated carbocycles. The maximum atomic E-state index is 7.63. The van der Waals surface area contributed by atoms with E-state index in [0.29, 0.717) is 17.9 Å². The monoisotopic (exact) mass is 951 g/mol. The molecule has 1 aromatic rings. The minimum Gasteiger partial charge on any atom is -0.497 e. The van der Waals surface area contributed by atoms with Crippen LogP contribution in [0.2, 0.25) is 0 Å². The lowest BCUT2D eigenvalue weighted by molar-refractivity contribution is 0.134. The molecule has 3 heteroatoms. The van der Waals surface area contributed by atoms with Crippen LogP contribution in [0.15, 0.2) is 30.3 Å². The van der Waals surface area contributed by atoms with Crippen LogP contribution in [0, 0.1) is 46.7 Å². The first-order chi connectivity index (χ1) is 34.8. The molecule has 0 amide bonds. The molecule has 4 fully saturated rings. The van der Waals surface area contributed by atoms with Gasteiger partial charge in [-0.1, -0.05) is 297 Å². The van der Waals surface area contributed by atoms with Gasteiger partial charge in [-0.25, -0.2) is 0 Å². The van der Waals surface area contributed by atoms with Crippen molar-refractivity contribution in [1.29, 1.82) is 0 Å². The molecule has 0 saturated heterocycles. The van der Waals surface area contributed by atoms with Crippen LogP contribution in [0.25, 0.3) is 0 Å². The highest BCUT2D eigenvalue weighted by atomic mass is 16.5. The SMILES string of the molecule is CCC.COC.COC(C)C.COc1ccccc1.[2H]C(C)(C)C.[2H]C(C)(C)C.[2H]C([2H])(C)C(C)(C)C.[2H]C([2H])(C)C(C)C.[2H]C([2H])(C)C1CCCC1.[2H]C([2H])(C)C1CCCCC1.[2H]C1(C)CCCC1.[2H]C1(C)CCCCC1. The molecule has 1 aromatic carbocycles. The molecule has 0 aliphatic heterocycles. The van der Waals surface area contributed by atoms with Crippen molar-refractivity contribution in [2.45, 2.75) is 299 Å². The van der Waals surface area contributed by atoms with E-state index in [9.17, 15) is 0 Å². The Kier molecular flexibility index (Phi) is 52.6. The molecule has 66 heavy (non-hydrogen) atoms. The van der Waals surface area contributed by atoms with Crippen molar-refractivity contribution in [3.8, 4) is 5.75 Å². The molecule has 0 bridgehead atoms. The molecule has 0 spiro atoms. The normalized spacial score (nSPS) is 20.4. The summed E-state index contributed by atoms with van der Waals surface area (Å²) in [4.78, 5) is 0. The van der Waals surface area contributed by atoms with Crippen LogP contribution in [0.3, 0.4) is 0 Å². The van der Waals surface area contributed by atoms with E-state index >= 15 is 0 Å². The summed E-state index contributed by atoms with van der Waals surface area (Å²) in [6.07, 6.45) is 19.3. The van der Waals surface area contributed by atoms with Crippen molar-refractivity contribution < 1.29 is 30.7 Å². The van der Waals surface area contributed by atoms with Gasteiger partial charge in [-0.15, -0.1) is 0 Å². The molecular weight excluding hydrogens is 805 g/mol. The van der Waals surface area contributed by atoms with Crippen molar-refractivity contribution >= 4 is 0 Å². The van der Waals surface area contributed by atoms with Crippen LogP contribution >= 0.6 is 0 Å². The second-order valence-corrected chi connectivity index (χ2v) is 20.4. The third-order valence-corrected chi connectivity index (χ3v) is 9.72. The number of methoxy groups -OCH3 is 3. The topological polar surface area (TPSA) is 27.7 Å². The van der Waals surface area contributed by atoms with Gasteiger partial charge in [0.2, 0.25) is 0 Å². The van der Waals surface area contributed by atoms with Gasteiger partial charge in [0.1, 0.15) is 5.75 Å². The van der Waals surface area contributed by atoms with E-state index in [1.165, 1.54) is 70.6 Å². The minimum atomic E-state index is -1.06. The summed E-state index contributed by atoms with van der Waals surface area (Å²) in [5.74, 6) is 1.09. The number of hydrogen-bond acceptors (Lipinski definition) is 3. The number of hydrogen-bond donors (Lipinski definition) is 0. The predicted molar refractivity (Wildman–Crippen MR) is 309 cm³/mol. The van der Waals surface area contributed by atoms with Crippen LogP contribution in [-0.4, -0.2) is 34.5 Å². The Labute approximate surface area is 439 Å². The van der Waals surface area contributed by atoms with Crippen molar-refractivity contribution in [2.24, 2.45) is 46.7 Å².